The molecule has 0 bridgehead atoms. The van der Waals surface area contributed by atoms with Gasteiger partial charge in [0.1, 0.15) is 5.75 Å². The van der Waals surface area contributed by atoms with E-state index in [1.807, 2.05) is 36.4 Å². The highest BCUT2D eigenvalue weighted by Crippen LogP contribution is 2.19. The average Bonchev–Trinajstić information content (AvgIpc) is 2.55. The fourth-order valence-corrected chi connectivity index (χ4v) is 2.83. The molecule has 0 aliphatic rings. The van der Waals surface area contributed by atoms with Crippen molar-refractivity contribution < 1.29 is 9.53 Å². The lowest BCUT2D eigenvalue weighted by Gasteiger charge is -2.10. The number of hydrogen-bond acceptors (Lipinski definition) is 4. The van der Waals surface area contributed by atoms with Crippen molar-refractivity contribution in [3.8, 4) is 5.75 Å². The molecule has 0 fully saturated rings. The van der Waals surface area contributed by atoms with Gasteiger partial charge in [0.2, 0.25) is 0 Å². The summed E-state index contributed by atoms with van der Waals surface area (Å²) in [4.78, 5) is 17.7. The second kappa shape index (κ2) is 7.84. The fraction of sp³-hybridized carbons (Fsp3) is 0.294. The molecule has 4 nitrogen and oxygen atoms in total. The molecule has 1 amide bonds. The van der Waals surface area contributed by atoms with Gasteiger partial charge in [0.15, 0.2) is 0 Å². The number of pyridine rings is 1. The zero-order chi connectivity index (χ0) is 15.9. The third-order valence-corrected chi connectivity index (χ3v) is 4.19. The van der Waals surface area contributed by atoms with Gasteiger partial charge in [-0.15, -0.1) is 0 Å². The first-order chi connectivity index (χ1) is 10.6. The summed E-state index contributed by atoms with van der Waals surface area (Å²) >= 11 is 1.79. The lowest BCUT2D eigenvalue weighted by molar-refractivity contribution is 0.0827. The molecule has 1 aromatic carbocycles. The second-order valence-corrected chi connectivity index (χ2v) is 6.06. The molecule has 0 aliphatic heterocycles. The van der Waals surface area contributed by atoms with Crippen LogP contribution in [0.15, 0.2) is 42.6 Å². The monoisotopic (exact) mass is 316 g/mol. The summed E-state index contributed by atoms with van der Waals surface area (Å²) in [5.41, 5.74) is 2.92. The van der Waals surface area contributed by atoms with Gasteiger partial charge in [0.25, 0.3) is 5.91 Å². The van der Waals surface area contributed by atoms with Crippen LogP contribution in [0.3, 0.4) is 0 Å². The third kappa shape index (κ3) is 4.49. The Balaban J connectivity index is 1.88. The Bertz CT molecular complexity index is 627. The minimum absolute atomic E-state index is 0.0276. The zero-order valence-corrected chi connectivity index (χ0v) is 13.9. The molecule has 5 heteroatoms. The Morgan fingerprint density at radius 3 is 2.55 bits per heavy atom. The van der Waals surface area contributed by atoms with Crippen molar-refractivity contribution in [2.75, 3.05) is 21.2 Å². The van der Waals surface area contributed by atoms with Gasteiger partial charge in [0, 0.05) is 43.4 Å². The summed E-state index contributed by atoms with van der Waals surface area (Å²) in [5, 5.41) is 0. The summed E-state index contributed by atoms with van der Waals surface area (Å²) in [5.74, 6) is 2.57. The predicted octanol–water partition coefficient (Wildman–Crippen LogP) is 3.23. The molecule has 0 unspecified atom stereocenters. The van der Waals surface area contributed by atoms with E-state index in [2.05, 4.69) is 4.98 Å². The van der Waals surface area contributed by atoms with Crippen LogP contribution in [0.2, 0.25) is 0 Å². The fourth-order valence-electron chi connectivity index (χ4n) is 1.94. The van der Waals surface area contributed by atoms with Gasteiger partial charge < -0.3 is 9.64 Å². The SMILES string of the molecule is COc1ccnc(CSCc2ccc(C(=O)N(C)C)cc2)c1. The Morgan fingerprint density at radius 1 is 1.18 bits per heavy atom. The van der Waals surface area contributed by atoms with E-state index in [9.17, 15) is 4.79 Å². The second-order valence-electron chi connectivity index (χ2n) is 5.08. The Morgan fingerprint density at radius 2 is 1.91 bits per heavy atom. The highest BCUT2D eigenvalue weighted by Gasteiger charge is 2.07. The maximum Gasteiger partial charge on any atom is 0.253 e. The lowest BCUT2D eigenvalue weighted by Crippen LogP contribution is -2.21. The number of carbonyl (C=O) groups excluding carboxylic acids is 1. The van der Waals surface area contributed by atoms with Gasteiger partial charge in [-0.3, -0.25) is 9.78 Å². The van der Waals surface area contributed by atoms with Crippen molar-refractivity contribution in [2.24, 2.45) is 0 Å². The number of hydrogen-bond donors (Lipinski definition) is 0. The number of benzene rings is 1. The van der Waals surface area contributed by atoms with Crippen molar-refractivity contribution in [1.82, 2.24) is 9.88 Å². The van der Waals surface area contributed by atoms with Crippen molar-refractivity contribution in [2.45, 2.75) is 11.5 Å². The zero-order valence-electron chi connectivity index (χ0n) is 13.1. The predicted molar refractivity (Wildman–Crippen MR) is 90.2 cm³/mol. The largest absolute Gasteiger partial charge is 0.497 e. The summed E-state index contributed by atoms with van der Waals surface area (Å²) in [7, 11) is 5.17. The molecule has 0 saturated heterocycles. The standard InChI is InChI=1S/C17H20N2O2S/c1-19(2)17(20)14-6-4-13(5-7-14)11-22-12-15-10-16(21-3)8-9-18-15/h4-10H,11-12H2,1-3H3. The molecule has 0 aliphatic carbocycles. The normalized spacial score (nSPS) is 10.3. The highest BCUT2D eigenvalue weighted by atomic mass is 32.2. The highest BCUT2D eigenvalue weighted by molar-refractivity contribution is 7.97. The Hall–Kier alpha value is -2.01. The number of thioether (sulfide) groups is 1. The van der Waals surface area contributed by atoms with E-state index < -0.39 is 0 Å². The number of ether oxygens (including phenoxy) is 1. The molecule has 0 saturated carbocycles. The van der Waals surface area contributed by atoms with Gasteiger partial charge in [0.05, 0.1) is 12.8 Å². The van der Waals surface area contributed by atoms with Crippen molar-refractivity contribution in [1.29, 1.82) is 0 Å². The van der Waals surface area contributed by atoms with Crippen LogP contribution in [0.1, 0.15) is 21.6 Å². The number of carbonyl (C=O) groups is 1. The van der Waals surface area contributed by atoms with Crippen LogP contribution in [0.5, 0.6) is 5.75 Å². The van der Waals surface area contributed by atoms with E-state index in [0.717, 1.165) is 22.9 Å². The van der Waals surface area contributed by atoms with Crippen LogP contribution in [0, 0.1) is 0 Å². The van der Waals surface area contributed by atoms with E-state index in [0.29, 0.717) is 5.56 Å². The van der Waals surface area contributed by atoms with E-state index in [1.165, 1.54) is 5.56 Å². The molecule has 22 heavy (non-hydrogen) atoms. The number of rotatable bonds is 6. The van der Waals surface area contributed by atoms with Crippen LogP contribution >= 0.6 is 11.8 Å². The van der Waals surface area contributed by atoms with E-state index >= 15 is 0 Å². The molecule has 0 radical (unpaired) electrons. The van der Waals surface area contributed by atoms with Gasteiger partial charge in [-0.2, -0.15) is 11.8 Å². The molecule has 2 aromatic rings. The molecule has 116 valence electrons. The average molecular weight is 316 g/mol. The minimum atomic E-state index is 0.0276. The molecule has 0 atom stereocenters. The first kappa shape index (κ1) is 16.4. The maximum absolute atomic E-state index is 11.8. The summed E-state index contributed by atoms with van der Waals surface area (Å²) in [6, 6.07) is 11.6. The first-order valence-corrected chi connectivity index (χ1v) is 8.13. The summed E-state index contributed by atoms with van der Waals surface area (Å²) < 4.78 is 5.19. The van der Waals surface area contributed by atoms with Crippen LogP contribution < -0.4 is 4.74 Å². The van der Waals surface area contributed by atoms with Crippen molar-refractivity contribution in [3.63, 3.8) is 0 Å². The molecule has 0 N–H and O–H groups in total. The Labute approximate surface area is 135 Å². The van der Waals surface area contributed by atoms with Crippen molar-refractivity contribution >= 4 is 17.7 Å². The number of amides is 1. The van der Waals surface area contributed by atoms with Crippen LogP contribution in [-0.4, -0.2) is 37.0 Å². The molecule has 0 spiro atoms. The van der Waals surface area contributed by atoms with Crippen LogP contribution in [-0.2, 0) is 11.5 Å². The molecule has 2 rings (SSSR count). The van der Waals surface area contributed by atoms with Crippen molar-refractivity contribution in [3.05, 3.63) is 59.4 Å². The minimum Gasteiger partial charge on any atom is -0.497 e. The summed E-state index contributed by atoms with van der Waals surface area (Å²) in [6.45, 7) is 0. The van der Waals surface area contributed by atoms with Gasteiger partial charge >= 0.3 is 0 Å². The van der Waals surface area contributed by atoms with E-state index in [1.54, 1.807) is 44.1 Å². The van der Waals surface area contributed by atoms with Crippen LogP contribution in [0.4, 0.5) is 0 Å². The quantitative estimate of drug-likeness (QED) is 0.820. The van der Waals surface area contributed by atoms with E-state index in [-0.39, 0.29) is 5.91 Å². The number of nitrogens with zero attached hydrogens (tertiary/aromatic N) is 2. The topological polar surface area (TPSA) is 42.4 Å². The first-order valence-electron chi connectivity index (χ1n) is 6.97. The lowest BCUT2D eigenvalue weighted by atomic mass is 10.1. The Kier molecular flexibility index (Phi) is 5.83. The molecule has 1 aromatic heterocycles. The van der Waals surface area contributed by atoms with Gasteiger partial charge in [-0.1, -0.05) is 12.1 Å². The number of aromatic nitrogens is 1. The van der Waals surface area contributed by atoms with E-state index in [4.69, 9.17) is 4.74 Å². The number of methoxy groups -OCH3 is 1. The maximum atomic E-state index is 11.8. The van der Waals surface area contributed by atoms with Gasteiger partial charge in [-0.25, -0.2) is 0 Å². The molecular weight excluding hydrogens is 296 g/mol. The smallest absolute Gasteiger partial charge is 0.253 e. The van der Waals surface area contributed by atoms with Crippen LogP contribution in [0.25, 0.3) is 0 Å². The molecular formula is C17H20N2O2S. The summed E-state index contributed by atoms with van der Waals surface area (Å²) in [6.07, 6.45) is 1.76. The third-order valence-electron chi connectivity index (χ3n) is 3.15. The molecule has 1 heterocycles. The van der Waals surface area contributed by atoms with Gasteiger partial charge in [-0.05, 0) is 23.8 Å².